The first kappa shape index (κ1) is 19.0. The number of halogens is 2. The lowest BCUT2D eigenvalue weighted by Crippen LogP contribution is -2.43. The normalized spacial score (nSPS) is 19.7. The number of tetrazole rings is 1. The molecule has 8 nitrogen and oxygen atoms in total. The van der Waals surface area contributed by atoms with Gasteiger partial charge in [0.1, 0.15) is 0 Å². The second-order valence-corrected chi connectivity index (χ2v) is 6.77. The van der Waals surface area contributed by atoms with Gasteiger partial charge in [-0.15, -0.1) is 17.5 Å². The van der Waals surface area contributed by atoms with Crippen LogP contribution in [0.5, 0.6) is 0 Å². The van der Waals surface area contributed by atoms with Crippen molar-refractivity contribution in [3.63, 3.8) is 0 Å². The molecule has 2 fully saturated rings. The number of amides is 1. The Hall–Kier alpha value is -1.74. The molecule has 10 heteroatoms. The summed E-state index contributed by atoms with van der Waals surface area (Å²) in [7, 11) is 0. The summed E-state index contributed by atoms with van der Waals surface area (Å²) in [5.74, 6) is 1.13. The third-order valence-electron chi connectivity index (χ3n) is 4.32. The maximum absolute atomic E-state index is 12.3. The van der Waals surface area contributed by atoms with Gasteiger partial charge in [0.25, 0.3) is 0 Å². The Kier molecular flexibility index (Phi) is 6.08. The molecule has 0 spiro atoms. The fourth-order valence-corrected chi connectivity index (χ4v) is 3.10. The number of carbonyl (C=O) groups excluding carboxylic acids is 1. The molecule has 1 aliphatic heterocycles. The van der Waals surface area contributed by atoms with Crippen molar-refractivity contribution in [3.05, 3.63) is 29.0 Å². The summed E-state index contributed by atoms with van der Waals surface area (Å²) in [5, 5.41) is 18.6. The summed E-state index contributed by atoms with van der Waals surface area (Å²) < 4.78 is 7.03. The number of rotatable bonds is 5. The van der Waals surface area contributed by atoms with E-state index in [-0.39, 0.29) is 24.4 Å². The lowest BCUT2D eigenvalue weighted by atomic mass is 10.2. The van der Waals surface area contributed by atoms with Gasteiger partial charge in [0.15, 0.2) is 5.82 Å². The molecule has 0 radical (unpaired) electrons. The van der Waals surface area contributed by atoms with Crippen LogP contribution in [-0.2, 0) is 9.53 Å². The fraction of sp³-hybridized carbons (Fsp3) is 0.500. The Bertz CT molecular complexity index is 774. The Morgan fingerprint density at radius 1 is 1.42 bits per heavy atom. The highest BCUT2D eigenvalue weighted by Crippen LogP contribution is 2.39. The molecule has 140 valence electrons. The molecular weight excluding hydrogens is 379 g/mol. The minimum Gasteiger partial charge on any atom is -0.378 e. The SMILES string of the molecule is Cl.O=C(CC1COCCN1)Nc1ccc(Cl)c(-n2nnnc2C2CC2)c1. The van der Waals surface area contributed by atoms with Crippen LogP contribution in [0.2, 0.25) is 5.02 Å². The van der Waals surface area contributed by atoms with Crippen molar-refractivity contribution in [3.8, 4) is 5.69 Å². The molecule has 1 saturated heterocycles. The van der Waals surface area contributed by atoms with Gasteiger partial charge < -0.3 is 15.4 Å². The summed E-state index contributed by atoms with van der Waals surface area (Å²) in [4.78, 5) is 12.3. The number of aromatic nitrogens is 4. The van der Waals surface area contributed by atoms with Gasteiger partial charge in [-0.05, 0) is 41.5 Å². The topological polar surface area (TPSA) is 94.0 Å². The molecule has 4 rings (SSSR count). The van der Waals surface area contributed by atoms with Crippen molar-refractivity contribution in [2.24, 2.45) is 0 Å². The van der Waals surface area contributed by atoms with E-state index in [1.165, 1.54) is 0 Å². The molecular formula is C16H20Cl2N6O2. The van der Waals surface area contributed by atoms with Crippen molar-refractivity contribution in [1.82, 2.24) is 25.5 Å². The predicted octanol–water partition coefficient (Wildman–Crippen LogP) is 1.93. The van der Waals surface area contributed by atoms with Gasteiger partial charge in [-0.1, -0.05) is 11.6 Å². The fourth-order valence-electron chi connectivity index (χ4n) is 2.90. The predicted molar refractivity (Wildman–Crippen MR) is 99.2 cm³/mol. The smallest absolute Gasteiger partial charge is 0.226 e. The van der Waals surface area contributed by atoms with Crippen LogP contribution in [0.4, 0.5) is 5.69 Å². The van der Waals surface area contributed by atoms with Crippen LogP contribution in [0.15, 0.2) is 18.2 Å². The number of nitrogens with one attached hydrogen (secondary N) is 2. The summed E-state index contributed by atoms with van der Waals surface area (Å²) in [6.45, 7) is 2.01. The standard InChI is InChI=1S/C16H19ClN6O2.ClH/c17-13-4-3-11(19-15(24)8-12-9-25-6-5-18-12)7-14(13)23-16(10-1-2-10)20-21-22-23;/h3-4,7,10,12,18H,1-2,5-6,8-9H2,(H,19,24);1H. The van der Waals surface area contributed by atoms with E-state index in [9.17, 15) is 4.79 Å². The summed E-state index contributed by atoms with van der Waals surface area (Å²) in [5.41, 5.74) is 1.34. The first-order valence-electron chi connectivity index (χ1n) is 8.40. The van der Waals surface area contributed by atoms with Crippen molar-refractivity contribution in [2.75, 3.05) is 25.1 Å². The highest BCUT2D eigenvalue weighted by Gasteiger charge is 2.30. The molecule has 2 N–H and O–H groups in total. The molecule has 1 aromatic carbocycles. The van der Waals surface area contributed by atoms with Crippen molar-refractivity contribution in [2.45, 2.75) is 31.2 Å². The molecule has 1 atom stereocenters. The lowest BCUT2D eigenvalue weighted by molar-refractivity contribution is -0.117. The van der Waals surface area contributed by atoms with Crippen molar-refractivity contribution < 1.29 is 9.53 Å². The quantitative estimate of drug-likeness (QED) is 0.798. The van der Waals surface area contributed by atoms with Crippen LogP contribution in [-0.4, -0.2) is 51.9 Å². The average Bonchev–Trinajstić information content (AvgIpc) is 3.34. The van der Waals surface area contributed by atoms with Gasteiger partial charge in [0.2, 0.25) is 5.91 Å². The minimum atomic E-state index is -0.0737. The highest BCUT2D eigenvalue weighted by atomic mass is 35.5. The molecule has 26 heavy (non-hydrogen) atoms. The Morgan fingerprint density at radius 3 is 3.00 bits per heavy atom. The highest BCUT2D eigenvalue weighted by molar-refractivity contribution is 6.32. The van der Waals surface area contributed by atoms with Gasteiger partial charge in [-0.2, -0.15) is 4.68 Å². The number of morpholine rings is 1. The monoisotopic (exact) mass is 398 g/mol. The van der Waals surface area contributed by atoms with E-state index in [0.29, 0.717) is 41.9 Å². The van der Waals surface area contributed by atoms with Crippen LogP contribution < -0.4 is 10.6 Å². The molecule has 2 aromatic rings. The van der Waals surface area contributed by atoms with Crippen LogP contribution in [0.1, 0.15) is 31.0 Å². The van der Waals surface area contributed by atoms with E-state index >= 15 is 0 Å². The number of ether oxygens (including phenoxy) is 1. The van der Waals surface area contributed by atoms with E-state index in [2.05, 4.69) is 26.2 Å². The number of anilines is 1. The molecule has 1 saturated carbocycles. The molecule has 1 unspecified atom stereocenters. The van der Waals surface area contributed by atoms with Crippen LogP contribution in [0.3, 0.4) is 0 Å². The maximum atomic E-state index is 12.3. The third kappa shape index (κ3) is 4.32. The van der Waals surface area contributed by atoms with Gasteiger partial charge >= 0.3 is 0 Å². The average molecular weight is 399 g/mol. The zero-order valence-electron chi connectivity index (χ0n) is 14.0. The first-order chi connectivity index (χ1) is 12.2. The number of benzene rings is 1. The van der Waals surface area contributed by atoms with E-state index in [1.54, 1.807) is 22.9 Å². The third-order valence-corrected chi connectivity index (χ3v) is 4.64. The van der Waals surface area contributed by atoms with Gasteiger partial charge in [-0.25, -0.2) is 0 Å². The Balaban J connectivity index is 0.00000196. The maximum Gasteiger partial charge on any atom is 0.226 e. The van der Waals surface area contributed by atoms with Crippen LogP contribution in [0.25, 0.3) is 5.69 Å². The van der Waals surface area contributed by atoms with Crippen LogP contribution in [0, 0.1) is 0 Å². The van der Waals surface area contributed by atoms with Gasteiger partial charge in [0, 0.05) is 30.6 Å². The second-order valence-electron chi connectivity index (χ2n) is 6.37. The van der Waals surface area contributed by atoms with E-state index in [4.69, 9.17) is 16.3 Å². The number of nitrogens with zero attached hydrogens (tertiary/aromatic N) is 4. The Morgan fingerprint density at radius 2 is 2.27 bits per heavy atom. The molecule has 1 aromatic heterocycles. The van der Waals surface area contributed by atoms with E-state index in [1.807, 2.05) is 0 Å². The summed E-state index contributed by atoms with van der Waals surface area (Å²) in [6.07, 6.45) is 2.53. The molecule has 0 bridgehead atoms. The Labute approximate surface area is 162 Å². The molecule has 2 heterocycles. The lowest BCUT2D eigenvalue weighted by Gasteiger charge is -2.23. The van der Waals surface area contributed by atoms with Gasteiger partial charge in [0.05, 0.1) is 23.9 Å². The number of hydrogen-bond acceptors (Lipinski definition) is 6. The van der Waals surface area contributed by atoms with Crippen molar-refractivity contribution in [1.29, 1.82) is 0 Å². The van der Waals surface area contributed by atoms with Crippen molar-refractivity contribution >= 4 is 35.6 Å². The molecule has 1 amide bonds. The summed E-state index contributed by atoms with van der Waals surface area (Å²) in [6, 6.07) is 5.36. The largest absolute Gasteiger partial charge is 0.378 e. The van der Waals surface area contributed by atoms with Gasteiger partial charge in [-0.3, -0.25) is 4.79 Å². The summed E-state index contributed by atoms with van der Waals surface area (Å²) >= 11 is 6.32. The number of carbonyl (C=O) groups is 1. The second kappa shape index (κ2) is 8.30. The van der Waals surface area contributed by atoms with E-state index in [0.717, 1.165) is 25.2 Å². The number of hydrogen-bond donors (Lipinski definition) is 2. The van der Waals surface area contributed by atoms with E-state index < -0.39 is 0 Å². The zero-order chi connectivity index (χ0) is 17.2. The molecule has 2 aliphatic rings. The van der Waals surface area contributed by atoms with Crippen LogP contribution >= 0.6 is 24.0 Å². The minimum absolute atomic E-state index is 0. The molecule has 1 aliphatic carbocycles. The zero-order valence-corrected chi connectivity index (χ0v) is 15.6. The first-order valence-corrected chi connectivity index (χ1v) is 8.77.